The van der Waals surface area contributed by atoms with Crippen LogP contribution in [0.1, 0.15) is 36.8 Å². The summed E-state index contributed by atoms with van der Waals surface area (Å²) in [6.07, 6.45) is 0. The van der Waals surface area contributed by atoms with Crippen molar-refractivity contribution >= 4 is 0 Å². The fourth-order valence-corrected chi connectivity index (χ4v) is 3.09. The Balaban J connectivity index is 1.40. The average Bonchev–Trinajstić information content (AvgIpc) is 3.30. The monoisotopic (exact) mass is 365 g/mol. The van der Waals surface area contributed by atoms with Crippen LogP contribution in [0.5, 0.6) is 11.5 Å². The summed E-state index contributed by atoms with van der Waals surface area (Å²) in [5, 5.41) is 4.12. The van der Waals surface area contributed by atoms with E-state index in [9.17, 15) is 0 Å². The fourth-order valence-electron chi connectivity index (χ4n) is 3.09. The standard InChI is InChI=1S/C21H23N3O3/c1-14(2)16-5-7-17(8-6-16)21-22-20(27-23-21)12-24(3)11-15-4-9-18-19(10-15)26-13-25-18/h4-10,14H,11-13H2,1-3H3. The Hall–Kier alpha value is -2.86. The van der Waals surface area contributed by atoms with Crippen molar-refractivity contribution in [1.82, 2.24) is 15.0 Å². The minimum Gasteiger partial charge on any atom is -0.454 e. The van der Waals surface area contributed by atoms with Crippen molar-refractivity contribution in [2.45, 2.75) is 32.9 Å². The number of benzene rings is 2. The summed E-state index contributed by atoms with van der Waals surface area (Å²) >= 11 is 0. The molecule has 0 saturated carbocycles. The highest BCUT2D eigenvalue weighted by molar-refractivity contribution is 5.54. The van der Waals surface area contributed by atoms with Crippen molar-refractivity contribution in [2.24, 2.45) is 0 Å². The van der Waals surface area contributed by atoms with Crippen LogP contribution in [-0.4, -0.2) is 28.9 Å². The van der Waals surface area contributed by atoms with E-state index in [0.29, 0.717) is 24.2 Å². The van der Waals surface area contributed by atoms with Gasteiger partial charge < -0.3 is 14.0 Å². The van der Waals surface area contributed by atoms with Crippen LogP contribution in [0.4, 0.5) is 0 Å². The molecule has 0 amide bonds. The van der Waals surface area contributed by atoms with E-state index in [1.165, 1.54) is 5.56 Å². The van der Waals surface area contributed by atoms with E-state index in [2.05, 4.69) is 41.0 Å². The zero-order valence-corrected chi connectivity index (χ0v) is 15.8. The molecule has 0 radical (unpaired) electrons. The number of ether oxygens (including phenoxy) is 2. The lowest BCUT2D eigenvalue weighted by Crippen LogP contribution is -2.17. The molecular formula is C21H23N3O3. The minimum atomic E-state index is 0.289. The fraction of sp³-hybridized carbons (Fsp3) is 0.333. The molecule has 4 rings (SSSR count). The number of hydrogen-bond acceptors (Lipinski definition) is 6. The molecule has 6 heteroatoms. The summed E-state index contributed by atoms with van der Waals surface area (Å²) in [5.74, 6) is 3.32. The van der Waals surface area contributed by atoms with Gasteiger partial charge in [-0.25, -0.2) is 0 Å². The van der Waals surface area contributed by atoms with Crippen LogP contribution in [0.15, 0.2) is 47.0 Å². The Bertz CT molecular complexity index is 919. The first-order valence-corrected chi connectivity index (χ1v) is 9.08. The second-order valence-corrected chi connectivity index (χ2v) is 7.15. The van der Waals surface area contributed by atoms with Crippen molar-refractivity contribution in [3.63, 3.8) is 0 Å². The molecule has 140 valence electrons. The van der Waals surface area contributed by atoms with Gasteiger partial charge in [0.2, 0.25) is 18.5 Å². The third-order valence-corrected chi connectivity index (χ3v) is 4.60. The van der Waals surface area contributed by atoms with E-state index >= 15 is 0 Å². The Kier molecular flexibility index (Phi) is 4.81. The molecule has 1 aromatic heterocycles. The van der Waals surface area contributed by atoms with Crippen LogP contribution in [-0.2, 0) is 13.1 Å². The lowest BCUT2D eigenvalue weighted by atomic mass is 10.0. The van der Waals surface area contributed by atoms with Gasteiger partial charge in [-0.3, -0.25) is 4.90 Å². The average molecular weight is 365 g/mol. The molecule has 0 spiro atoms. The molecule has 0 unspecified atom stereocenters. The maximum atomic E-state index is 5.43. The van der Waals surface area contributed by atoms with Crippen LogP contribution >= 0.6 is 0 Å². The van der Waals surface area contributed by atoms with Crippen LogP contribution in [0.2, 0.25) is 0 Å². The van der Waals surface area contributed by atoms with Crippen LogP contribution in [0, 0.1) is 0 Å². The summed E-state index contributed by atoms with van der Waals surface area (Å²) < 4.78 is 16.2. The lowest BCUT2D eigenvalue weighted by molar-refractivity contribution is 0.174. The first-order chi connectivity index (χ1) is 13.1. The highest BCUT2D eigenvalue weighted by atomic mass is 16.7. The molecule has 0 bridgehead atoms. The van der Waals surface area contributed by atoms with Gasteiger partial charge in [0, 0.05) is 12.1 Å². The SMILES string of the molecule is CC(C)c1ccc(-c2noc(CN(C)Cc3ccc4c(c3)OCO4)n2)cc1. The van der Waals surface area contributed by atoms with Crippen molar-refractivity contribution < 1.29 is 14.0 Å². The molecule has 0 atom stereocenters. The van der Waals surface area contributed by atoms with Gasteiger partial charge >= 0.3 is 0 Å². The molecule has 0 N–H and O–H groups in total. The maximum Gasteiger partial charge on any atom is 0.241 e. The predicted molar refractivity (Wildman–Crippen MR) is 102 cm³/mol. The van der Waals surface area contributed by atoms with E-state index in [1.54, 1.807) is 0 Å². The summed E-state index contributed by atoms with van der Waals surface area (Å²) in [4.78, 5) is 6.65. The highest BCUT2D eigenvalue weighted by Gasteiger charge is 2.15. The molecule has 1 aliphatic rings. The van der Waals surface area contributed by atoms with Gasteiger partial charge in [0.15, 0.2) is 11.5 Å². The summed E-state index contributed by atoms with van der Waals surface area (Å²) in [6.45, 7) is 5.97. The molecule has 2 heterocycles. The van der Waals surface area contributed by atoms with Crippen molar-refractivity contribution in [2.75, 3.05) is 13.8 Å². The molecular weight excluding hydrogens is 342 g/mol. The second kappa shape index (κ2) is 7.40. The van der Waals surface area contributed by atoms with Gasteiger partial charge in [-0.1, -0.05) is 49.3 Å². The number of hydrogen-bond donors (Lipinski definition) is 0. The largest absolute Gasteiger partial charge is 0.454 e. The molecule has 0 fully saturated rings. The van der Waals surface area contributed by atoms with Gasteiger partial charge in [0.1, 0.15) is 0 Å². The Morgan fingerprint density at radius 3 is 2.56 bits per heavy atom. The maximum absolute atomic E-state index is 5.43. The number of nitrogens with zero attached hydrogens (tertiary/aromatic N) is 3. The van der Waals surface area contributed by atoms with E-state index in [4.69, 9.17) is 14.0 Å². The van der Waals surface area contributed by atoms with Gasteiger partial charge in [0.25, 0.3) is 0 Å². The van der Waals surface area contributed by atoms with Crippen LogP contribution in [0.3, 0.4) is 0 Å². The van der Waals surface area contributed by atoms with Gasteiger partial charge in [-0.15, -0.1) is 0 Å². The van der Waals surface area contributed by atoms with Crippen molar-refractivity contribution in [3.8, 4) is 22.9 Å². The Labute approximate surface area is 158 Å². The molecule has 6 nitrogen and oxygen atoms in total. The minimum absolute atomic E-state index is 0.289. The molecule has 3 aromatic rings. The normalized spacial score (nSPS) is 12.9. The Morgan fingerprint density at radius 1 is 1.00 bits per heavy atom. The zero-order chi connectivity index (χ0) is 18.8. The predicted octanol–water partition coefficient (Wildman–Crippen LogP) is 4.22. The molecule has 0 aliphatic carbocycles. The molecule has 0 saturated heterocycles. The molecule has 2 aromatic carbocycles. The number of fused-ring (bicyclic) bond motifs is 1. The van der Waals surface area contributed by atoms with Crippen molar-refractivity contribution in [1.29, 1.82) is 0 Å². The van der Waals surface area contributed by atoms with Gasteiger partial charge in [-0.2, -0.15) is 4.98 Å². The summed E-state index contributed by atoms with van der Waals surface area (Å²) in [7, 11) is 2.02. The Morgan fingerprint density at radius 2 is 1.78 bits per heavy atom. The quantitative estimate of drug-likeness (QED) is 0.652. The van der Waals surface area contributed by atoms with Crippen LogP contribution < -0.4 is 9.47 Å². The van der Waals surface area contributed by atoms with E-state index in [0.717, 1.165) is 29.2 Å². The van der Waals surface area contributed by atoms with E-state index < -0.39 is 0 Å². The van der Waals surface area contributed by atoms with E-state index in [1.807, 2.05) is 37.4 Å². The number of rotatable bonds is 6. The third kappa shape index (κ3) is 3.95. The third-order valence-electron chi connectivity index (χ3n) is 4.60. The van der Waals surface area contributed by atoms with Gasteiger partial charge in [-0.05, 0) is 36.2 Å². The van der Waals surface area contributed by atoms with Gasteiger partial charge in [0.05, 0.1) is 6.54 Å². The van der Waals surface area contributed by atoms with E-state index in [-0.39, 0.29) is 6.79 Å². The highest BCUT2D eigenvalue weighted by Crippen LogP contribution is 2.32. The zero-order valence-electron chi connectivity index (χ0n) is 15.8. The first kappa shape index (κ1) is 17.5. The first-order valence-electron chi connectivity index (χ1n) is 9.08. The summed E-state index contributed by atoms with van der Waals surface area (Å²) in [6, 6.07) is 14.3. The summed E-state index contributed by atoms with van der Waals surface area (Å²) in [5.41, 5.74) is 3.41. The molecule has 1 aliphatic heterocycles. The topological polar surface area (TPSA) is 60.6 Å². The second-order valence-electron chi connectivity index (χ2n) is 7.15. The lowest BCUT2D eigenvalue weighted by Gasteiger charge is -2.14. The van der Waals surface area contributed by atoms with Crippen molar-refractivity contribution in [3.05, 3.63) is 59.5 Å². The van der Waals surface area contributed by atoms with Crippen LogP contribution in [0.25, 0.3) is 11.4 Å². The number of aromatic nitrogens is 2. The molecule has 27 heavy (non-hydrogen) atoms. The smallest absolute Gasteiger partial charge is 0.241 e.